The Morgan fingerprint density at radius 3 is 3.08 bits per heavy atom. The predicted octanol–water partition coefficient (Wildman–Crippen LogP) is 1.59. The summed E-state index contributed by atoms with van der Waals surface area (Å²) in [4.78, 5) is 5.23. The first-order chi connectivity index (χ1) is 6.37. The number of fused-ring (bicyclic) bond motifs is 3. The first-order valence-electron chi connectivity index (χ1n) is 4.04. The van der Waals surface area contributed by atoms with Crippen LogP contribution in [-0.4, -0.2) is 5.06 Å². The van der Waals surface area contributed by atoms with Crippen molar-refractivity contribution >= 4 is 6.08 Å². The Hall–Kier alpha value is -1.79. The number of nitriles is 1. The minimum absolute atomic E-state index is 0.828. The number of nitrogens with zero attached hydrogens (tertiary/aromatic N) is 2. The number of hydrogen-bond donors (Lipinski definition) is 0. The maximum Gasteiger partial charge on any atom is 0.302 e. The average Bonchev–Trinajstić information content (AvgIpc) is 2.93. The number of hydroxylamine groups is 2. The molecule has 13 heavy (non-hydrogen) atoms. The van der Waals surface area contributed by atoms with Crippen LogP contribution in [0.5, 0.6) is 0 Å². The third-order valence-corrected chi connectivity index (χ3v) is 2.38. The molecule has 0 spiro atoms. The highest BCUT2D eigenvalue weighted by molar-refractivity contribution is 5.60. The molecule has 1 aromatic carbocycles. The fourth-order valence-corrected chi connectivity index (χ4v) is 1.65. The molecule has 1 saturated heterocycles. The van der Waals surface area contributed by atoms with Gasteiger partial charge in [0.1, 0.15) is 6.07 Å². The van der Waals surface area contributed by atoms with Gasteiger partial charge in [-0.2, -0.15) is 5.26 Å². The molecule has 0 N–H and O–H groups in total. The zero-order valence-corrected chi connectivity index (χ0v) is 6.77. The fourth-order valence-electron chi connectivity index (χ4n) is 1.65. The van der Waals surface area contributed by atoms with Crippen LogP contribution in [0.2, 0.25) is 0 Å². The van der Waals surface area contributed by atoms with Crippen LogP contribution < -0.4 is 0 Å². The van der Waals surface area contributed by atoms with Crippen molar-refractivity contribution < 1.29 is 4.84 Å². The molecule has 1 aromatic rings. The SMILES string of the molecule is N#CC12ON1C=Cc1ccccc12. The predicted molar refractivity (Wildman–Crippen MR) is 45.7 cm³/mol. The first kappa shape index (κ1) is 6.70. The van der Waals surface area contributed by atoms with Crippen LogP contribution >= 0.6 is 0 Å². The van der Waals surface area contributed by atoms with Gasteiger partial charge in [-0.3, -0.25) is 0 Å². The van der Waals surface area contributed by atoms with Gasteiger partial charge in [-0.25, -0.2) is 9.90 Å². The minimum atomic E-state index is -0.828. The first-order valence-corrected chi connectivity index (χ1v) is 4.04. The molecule has 2 aliphatic rings. The van der Waals surface area contributed by atoms with Crippen molar-refractivity contribution in [3.05, 3.63) is 41.6 Å². The Balaban J connectivity index is 2.28. The van der Waals surface area contributed by atoms with E-state index in [9.17, 15) is 0 Å². The molecule has 0 bridgehead atoms. The van der Waals surface area contributed by atoms with Gasteiger partial charge in [0, 0.05) is 11.8 Å². The van der Waals surface area contributed by atoms with Crippen LogP contribution in [0.15, 0.2) is 30.5 Å². The van der Waals surface area contributed by atoms with E-state index in [1.807, 2.05) is 30.3 Å². The Kier molecular flexibility index (Phi) is 0.992. The van der Waals surface area contributed by atoms with Crippen LogP contribution in [-0.2, 0) is 10.6 Å². The van der Waals surface area contributed by atoms with Crippen molar-refractivity contribution in [1.82, 2.24) is 5.06 Å². The van der Waals surface area contributed by atoms with E-state index >= 15 is 0 Å². The van der Waals surface area contributed by atoms with E-state index in [0.29, 0.717) is 0 Å². The average molecular weight is 170 g/mol. The molecule has 3 nitrogen and oxygen atoms in total. The van der Waals surface area contributed by atoms with Gasteiger partial charge in [0.2, 0.25) is 0 Å². The number of rotatable bonds is 0. The number of benzene rings is 1. The molecule has 3 rings (SSSR count). The monoisotopic (exact) mass is 170 g/mol. The van der Waals surface area contributed by atoms with Gasteiger partial charge in [0.05, 0.1) is 0 Å². The van der Waals surface area contributed by atoms with Crippen molar-refractivity contribution in [2.45, 2.75) is 5.72 Å². The van der Waals surface area contributed by atoms with Gasteiger partial charge >= 0.3 is 5.72 Å². The normalized spacial score (nSPS) is 27.5. The van der Waals surface area contributed by atoms with Crippen molar-refractivity contribution in [3.63, 3.8) is 0 Å². The zero-order valence-electron chi connectivity index (χ0n) is 6.77. The lowest BCUT2D eigenvalue weighted by Crippen LogP contribution is -2.14. The summed E-state index contributed by atoms with van der Waals surface area (Å²) in [5, 5.41) is 10.6. The van der Waals surface area contributed by atoms with E-state index in [4.69, 9.17) is 10.1 Å². The van der Waals surface area contributed by atoms with E-state index in [2.05, 4.69) is 6.07 Å². The highest BCUT2D eigenvalue weighted by atomic mass is 16.9. The summed E-state index contributed by atoms with van der Waals surface area (Å²) in [5.41, 5.74) is 1.16. The molecule has 0 saturated carbocycles. The standard InChI is InChI=1S/C10H6N2O/c11-7-10-9-4-2-1-3-8(9)5-6-12(10)13-10/h1-6H. The van der Waals surface area contributed by atoms with Crippen LogP contribution in [0.3, 0.4) is 0 Å². The van der Waals surface area contributed by atoms with Crippen LogP contribution in [0.4, 0.5) is 0 Å². The Morgan fingerprint density at radius 2 is 2.23 bits per heavy atom. The molecule has 0 aliphatic carbocycles. The molecule has 0 radical (unpaired) electrons. The summed E-state index contributed by atoms with van der Waals surface area (Å²) in [6, 6.07) is 9.92. The Bertz CT molecular complexity index is 446. The molecule has 0 aromatic heterocycles. The summed E-state index contributed by atoms with van der Waals surface area (Å²) in [7, 11) is 0. The molecule has 0 amide bonds. The molecule has 2 aliphatic heterocycles. The molecule has 1 atom stereocenters. The highest BCUT2D eigenvalue weighted by Gasteiger charge is 2.58. The second kappa shape index (κ2) is 1.93. The lowest BCUT2D eigenvalue weighted by atomic mass is 9.97. The molecule has 1 unspecified atom stereocenters. The Labute approximate surface area is 75.4 Å². The summed E-state index contributed by atoms with van der Waals surface area (Å²) in [6.45, 7) is 0. The van der Waals surface area contributed by atoms with Crippen LogP contribution in [0.1, 0.15) is 11.1 Å². The van der Waals surface area contributed by atoms with Gasteiger partial charge in [-0.05, 0) is 11.6 Å². The second-order valence-electron chi connectivity index (χ2n) is 3.08. The smallest absolute Gasteiger partial charge is 0.218 e. The molecule has 3 heteroatoms. The van der Waals surface area contributed by atoms with Crippen molar-refractivity contribution in [3.8, 4) is 6.07 Å². The van der Waals surface area contributed by atoms with E-state index in [0.717, 1.165) is 11.1 Å². The summed E-state index contributed by atoms with van der Waals surface area (Å²) in [6.07, 6.45) is 3.73. The molecule has 62 valence electrons. The topological polar surface area (TPSA) is 39.3 Å². The van der Waals surface area contributed by atoms with Crippen LogP contribution in [0.25, 0.3) is 6.08 Å². The molecular weight excluding hydrogens is 164 g/mol. The van der Waals surface area contributed by atoms with Crippen LogP contribution in [0, 0.1) is 11.3 Å². The molecular formula is C10H6N2O. The van der Waals surface area contributed by atoms with E-state index < -0.39 is 5.72 Å². The lowest BCUT2D eigenvalue weighted by molar-refractivity contribution is 0.249. The van der Waals surface area contributed by atoms with Gasteiger partial charge < -0.3 is 0 Å². The lowest BCUT2D eigenvalue weighted by Gasteiger charge is -2.10. The van der Waals surface area contributed by atoms with E-state index in [1.54, 1.807) is 11.3 Å². The van der Waals surface area contributed by atoms with E-state index in [1.165, 1.54) is 0 Å². The third kappa shape index (κ3) is 0.663. The maximum absolute atomic E-state index is 8.99. The van der Waals surface area contributed by atoms with Gasteiger partial charge in [-0.15, -0.1) is 0 Å². The molecule has 1 fully saturated rings. The van der Waals surface area contributed by atoms with Gasteiger partial charge in [0.15, 0.2) is 0 Å². The van der Waals surface area contributed by atoms with Crippen molar-refractivity contribution in [2.75, 3.05) is 0 Å². The maximum atomic E-state index is 8.99. The summed E-state index contributed by atoms with van der Waals surface area (Å²) in [5.74, 6) is 0. The largest absolute Gasteiger partial charge is 0.302 e. The Morgan fingerprint density at radius 1 is 1.38 bits per heavy atom. The minimum Gasteiger partial charge on any atom is -0.218 e. The molecule has 2 heterocycles. The summed E-state index contributed by atoms with van der Waals surface area (Å²) < 4.78 is 0. The zero-order chi connectivity index (χ0) is 8.89. The van der Waals surface area contributed by atoms with Crippen molar-refractivity contribution in [1.29, 1.82) is 5.26 Å². The van der Waals surface area contributed by atoms with Gasteiger partial charge in [-0.1, -0.05) is 24.3 Å². The quantitative estimate of drug-likeness (QED) is 0.555. The second-order valence-corrected chi connectivity index (χ2v) is 3.08. The highest BCUT2D eigenvalue weighted by Crippen LogP contribution is 2.48. The fraction of sp³-hybridized carbons (Fsp3) is 0.100. The number of hydrogen-bond acceptors (Lipinski definition) is 3. The summed E-state index contributed by atoms with van der Waals surface area (Å²) >= 11 is 0. The van der Waals surface area contributed by atoms with E-state index in [-0.39, 0.29) is 0 Å². The third-order valence-electron chi connectivity index (χ3n) is 2.38. The van der Waals surface area contributed by atoms with Crippen molar-refractivity contribution in [2.24, 2.45) is 0 Å². The van der Waals surface area contributed by atoms with Gasteiger partial charge in [0.25, 0.3) is 0 Å².